The molecule has 9 heteroatoms. The molecule has 2 amide bonds. The molecule has 3 aromatic rings. The highest BCUT2D eigenvalue weighted by molar-refractivity contribution is 6.33. The average Bonchev–Trinajstić information content (AvgIpc) is 3.16. The SMILES string of the molecule is Cc1noc([C@]23C[C@H](C)C[C@H](C2)N3C(=O)Nc2ccc(Cl)c(-c3ncccn3)c2)n1. The zero-order valence-electron chi connectivity index (χ0n) is 16.7. The van der Waals surface area contributed by atoms with Crippen molar-refractivity contribution >= 4 is 23.3 Å². The van der Waals surface area contributed by atoms with E-state index in [1.54, 1.807) is 43.6 Å². The van der Waals surface area contributed by atoms with E-state index < -0.39 is 5.54 Å². The molecule has 3 heterocycles. The van der Waals surface area contributed by atoms with E-state index in [4.69, 9.17) is 16.1 Å². The number of rotatable bonds is 3. The molecular weight excluding hydrogens is 404 g/mol. The molecule has 2 aromatic heterocycles. The van der Waals surface area contributed by atoms with Crippen molar-refractivity contribution < 1.29 is 9.32 Å². The minimum Gasteiger partial charge on any atom is -0.337 e. The number of halogens is 1. The van der Waals surface area contributed by atoms with E-state index >= 15 is 0 Å². The summed E-state index contributed by atoms with van der Waals surface area (Å²) in [6.07, 6.45) is 5.93. The molecule has 1 N–H and O–H groups in total. The van der Waals surface area contributed by atoms with Gasteiger partial charge in [0.2, 0.25) is 0 Å². The Morgan fingerprint density at radius 1 is 1.30 bits per heavy atom. The van der Waals surface area contributed by atoms with E-state index in [0.29, 0.717) is 39.7 Å². The number of hydrogen-bond donors (Lipinski definition) is 1. The third-order valence-corrected chi connectivity index (χ3v) is 6.26. The number of carbonyl (C=O) groups is 1. The molecule has 0 unspecified atom stereocenters. The van der Waals surface area contributed by atoms with E-state index in [1.807, 2.05) is 4.90 Å². The number of nitrogens with zero attached hydrogens (tertiary/aromatic N) is 5. The summed E-state index contributed by atoms with van der Waals surface area (Å²) in [6.45, 7) is 3.99. The Labute approximate surface area is 178 Å². The maximum atomic E-state index is 13.3. The number of amides is 2. The summed E-state index contributed by atoms with van der Waals surface area (Å²) in [5.74, 6) is 2.09. The second-order valence-electron chi connectivity index (χ2n) is 8.15. The molecule has 1 saturated carbocycles. The highest BCUT2D eigenvalue weighted by atomic mass is 35.5. The Kier molecular flexibility index (Phi) is 4.47. The number of nitrogens with one attached hydrogen (secondary N) is 1. The van der Waals surface area contributed by atoms with Gasteiger partial charge in [0.25, 0.3) is 5.89 Å². The van der Waals surface area contributed by atoms with Crippen LogP contribution in [0.25, 0.3) is 11.4 Å². The fourth-order valence-corrected chi connectivity index (χ4v) is 5.03. The summed E-state index contributed by atoms with van der Waals surface area (Å²) in [7, 11) is 0. The van der Waals surface area contributed by atoms with Gasteiger partial charge in [-0.3, -0.25) is 0 Å². The molecule has 1 aromatic carbocycles. The molecule has 0 radical (unpaired) electrons. The summed E-state index contributed by atoms with van der Waals surface area (Å²) in [6, 6.07) is 7.01. The molecule has 8 nitrogen and oxygen atoms in total. The van der Waals surface area contributed by atoms with Gasteiger partial charge in [0.1, 0.15) is 5.54 Å². The quantitative estimate of drug-likeness (QED) is 0.668. The molecule has 0 spiro atoms. The van der Waals surface area contributed by atoms with Gasteiger partial charge >= 0.3 is 6.03 Å². The van der Waals surface area contributed by atoms with Crippen LogP contribution in [0.1, 0.15) is 37.9 Å². The standard InChI is InChI=1S/C21H21ClN6O2/c1-12-8-15-11-21(10-12,19-25-13(2)27-30-19)28(15)20(29)26-14-4-5-17(22)16(9-14)18-23-6-3-7-24-18/h3-7,9,12,15H,8,10-11H2,1-2H3,(H,26,29)/t12-,15-,21+/m1/s1. The van der Waals surface area contributed by atoms with Crippen molar-refractivity contribution in [3.8, 4) is 11.4 Å². The summed E-state index contributed by atoms with van der Waals surface area (Å²) in [4.78, 5) is 28.1. The summed E-state index contributed by atoms with van der Waals surface area (Å²) < 4.78 is 5.50. The average molecular weight is 425 g/mol. The third-order valence-electron chi connectivity index (χ3n) is 5.93. The smallest absolute Gasteiger partial charge is 0.323 e. The van der Waals surface area contributed by atoms with Crippen molar-refractivity contribution in [1.29, 1.82) is 0 Å². The fraction of sp³-hybridized carbons (Fsp3) is 0.381. The Morgan fingerprint density at radius 2 is 2.10 bits per heavy atom. The fourth-order valence-electron chi connectivity index (χ4n) is 4.83. The van der Waals surface area contributed by atoms with Crippen LogP contribution in [-0.4, -0.2) is 37.1 Å². The minimum atomic E-state index is -0.536. The van der Waals surface area contributed by atoms with Crippen LogP contribution in [-0.2, 0) is 5.54 Å². The van der Waals surface area contributed by atoms with Crippen LogP contribution >= 0.6 is 11.6 Å². The van der Waals surface area contributed by atoms with Crippen LogP contribution in [0.15, 0.2) is 41.2 Å². The predicted molar refractivity (Wildman–Crippen MR) is 111 cm³/mol. The molecule has 2 aliphatic rings. The van der Waals surface area contributed by atoms with Gasteiger partial charge in [0, 0.05) is 36.1 Å². The topological polar surface area (TPSA) is 97.0 Å². The van der Waals surface area contributed by atoms with E-state index in [-0.39, 0.29) is 12.1 Å². The van der Waals surface area contributed by atoms with Gasteiger partial charge in [0.15, 0.2) is 11.6 Å². The first-order valence-electron chi connectivity index (χ1n) is 9.94. The first-order chi connectivity index (χ1) is 14.5. The highest BCUT2D eigenvalue weighted by Crippen LogP contribution is 2.55. The van der Waals surface area contributed by atoms with Gasteiger partial charge in [-0.1, -0.05) is 23.7 Å². The largest absolute Gasteiger partial charge is 0.337 e. The Hall–Kier alpha value is -3.00. The van der Waals surface area contributed by atoms with Crippen molar-refractivity contribution in [2.24, 2.45) is 5.92 Å². The molecule has 1 saturated heterocycles. The van der Waals surface area contributed by atoms with Gasteiger partial charge in [-0.05, 0) is 49.9 Å². The maximum Gasteiger partial charge on any atom is 0.323 e. The highest BCUT2D eigenvalue weighted by Gasteiger charge is 2.62. The Morgan fingerprint density at radius 3 is 2.83 bits per heavy atom. The van der Waals surface area contributed by atoms with Crippen molar-refractivity contribution in [2.75, 3.05) is 5.32 Å². The molecule has 2 bridgehead atoms. The minimum absolute atomic E-state index is 0.158. The van der Waals surface area contributed by atoms with Crippen molar-refractivity contribution in [1.82, 2.24) is 25.0 Å². The van der Waals surface area contributed by atoms with Crippen LogP contribution in [0.2, 0.25) is 5.02 Å². The molecule has 154 valence electrons. The monoisotopic (exact) mass is 424 g/mol. The Bertz CT molecular complexity index is 1100. The third kappa shape index (κ3) is 3.02. The van der Waals surface area contributed by atoms with E-state index in [9.17, 15) is 4.79 Å². The van der Waals surface area contributed by atoms with Gasteiger partial charge in [-0.2, -0.15) is 4.98 Å². The van der Waals surface area contributed by atoms with Crippen molar-refractivity contribution in [3.63, 3.8) is 0 Å². The zero-order valence-corrected chi connectivity index (χ0v) is 17.4. The molecule has 1 aliphatic heterocycles. The lowest BCUT2D eigenvalue weighted by atomic mass is 9.64. The van der Waals surface area contributed by atoms with Crippen LogP contribution in [0.4, 0.5) is 10.5 Å². The lowest BCUT2D eigenvalue weighted by Crippen LogP contribution is -2.70. The number of urea groups is 1. The Balaban J connectivity index is 1.43. The van der Waals surface area contributed by atoms with Crippen molar-refractivity contribution in [3.05, 3.63) is 53.4 Å². The van der Waals surface area contributed by atoms with E-state index in [0.717, 1.165) is 19.3 Å². The normalized spacial score (nSPS) is 25.0. The summed E-state index contributed by atoms with van der Waals surface area (Å²) in [5.41, 5.74) is 0.752. The lowest BCUT2D eigenvalue weighted by molar-refractivity contribution is -0.111. The first kappa shape index (κ1) is 19.0. The number of fused-ring (bicyclic) bond motifs is 2. The number of carbonyl (C=O) groups excluding carboxylic acids is 1. The van der Waals surface area contributed by atoms with E-state index in [2.05, 4.69) is 32.3 Å². The summed E-state index contributed by atoms with van der Waals surface area (Å²) in [5, 5.41) is 7.48. The zero-order chi connectivity index (χ0) is 20.9. The van der Waals surface area contributed by atoms with Crippen LogP contribution in [0.5, 0.6) is 0 Å². The van der Waals surface area contributed by atoms with Gasteiger partial charge < -0.3 is 14.7 Å². The second-order valence-corrected chi connectivity index (χ2v) is 8.56. The predicted octanol–water partition coefficient (Wildman–Crippen LogP) is 4.42. The lowest BCUT2D eigenvalue weighted by Gasteiger charge is -2.61. The maximum absolute atomic E-state index is 13.3. The first-order valence-corrected chi connectivity index (χ1v) is 10.3. The molecule has 5 rings (SSSR count). The number of aryl methyl sites for hydroxylation is 1. The van der Waals surface area contributed by atoms with Crippen LogP contribution in [0.3, 0.4) is 0 Å². The molecular formula is C21H21ClN6O2. The molecule has 3 atom stereocenters. The van der Waals surface area contributed by atoms with Gasteiger partial charge in [-0.15, -0.1) is 0 Å². The molecule has 2 fully saturated rings. The van der Waals surface area contributed by atoms with Crippen LogP contribution in [0, 0.1) is 12.8 Å². The number of likely N-dealkylation sites (tertiary alicyclic amines) is 1. The number of benzene rings is 1. The molecule has 30 heavy (non-hydrogen) atoms. The van der Waals surface area contributed by atoms with E-state index in [1.165, 1.54) is 0 Å². The van der Waals surface area contributed by atoms with Gasteiger partial charge in [0.05, 0.1) is 5.02 Å². The van der Waals surface area contributed by atoms with Crippen LogP contribution < -0.4 is 5.32 Å². The number of piperidine rings is 1. The summed E-state index contributed by atoms with van der Waals surface area (Å²) >= 11 is 6.34. The van der Waals surface area contributed by atoms with Crippen molar-refractivity contribution in [2.45, 2.75) is 44.7 Å². The number of aromatic nitrogens is 4. The number of hydrogen-bond acceptors (Lipinski definition) is 6. The van der Waals surface area contributed by atoms with Gasteiger partial charge in [-0.25, -0.2) is 14.8 Å². The number of anilines is 1. The molecule has 1 aliphatic carbocycles. The second kappa shape index (κ2) is 7.05.